The molecule has 8 heteroatoms. The second kappa shape index (κ2) is 8.03. The molecule has 0 fully saturated rings. The Morgan fingerprint density at radius 3 is 2.81 bits per heavy atom. The molecule has 7 nitrogen and oxygen atoms in total. The highest BCUT2D eigenvalue weighted by atomic mass is 19.1. The molecular formula is C24H23FN6O. The molecule has 5 rings (SSSR count). The van der Waals surface area contributed by atoms with Gasteiger partial charge < -0.3 is 11.1 Å². The van der Waals surface area contributed by atoms with E-state index in [1.54, 1.807) is 18.2 Å². The number of amides is 1. The number of fused-ring (bicyclic) bond motifs is 2. The Kier molecular flexibility index (Phi) is 5.05. The van der Waals surface area contributed by atoms with Crippen molar-refractivity contribution in [2.45, 2.75) is 39.2 Å². The molecule has 1 aliphatic carbocycles. The van der Waals surface area contributed by atoms with Gasteiger partial charge in [-0.15, -0.1) is 0 Å². The first-order valence-electron chi connectivity index (χ1n) is 10.7. The molecule has 3 heterocycles. The zero-order valence-electron chi connectivity index (χ0n) is 17.7. The minimum Gasteiger partial charge on any atom is -0.366 e. The Hall–Kier alpha value is -3.81. The maximum absolute atomic E-state index is 13.6. The number of imidazole rings is 1. The molecule has 1 aromatic carbocycles. The van der Waals surface area contributed by atoms with Crippen LogP contribution < -0.4 is 11.1 Å². The standard InChI is InChI=1S/C24H23FN6O/c1-14-20(31-11-5-9-18(21(26)32)24(31)28-14)23-29-19-10-3-2-8-17(19)22(30-23)27-13-15-6-4-7-16(25)12-15/h4-7,9,11-12H,2-3,8,10,13H2,1H3,(H2,26,32)(H,27,29,30). The quantitative estimate of drug-likeness (QED) is 0.501. The van der Waals surface area contributed by atoms with Crippen LogP contribution in [0.4, 0.5) is 10.2 Å². The number of anilines is 1. The lowest BCUT2D eigenvalue weighted by molar-refractivity contribution is 0.100. The van der Waals surface area contributed by atoms with E-state index in [0.717, 1.165) is 54.0 Å². The minimum absolute atomic E-state index is 0.263. The Labute approximate surface area is 184 Å². The van der Waals surface area contributed by atoms with Gasteiger partial charge in [0.2, 0.25) is 0 Å². The molecule has 0 saturated heterocycles. The molecule has 1 aliphatic rings. The zero-order valence-corrected chi connectivity index (χ0v) is 17.7. The van der Waals surface area contributed by atoms with Gasteiger partial charge in [0.15, 0.2) is 5.82 Å². The molecule has 1 amide bonds. The number of benzene rings is 1. The topological polar surface area (TPSA) is 98.2 Å². The summed E-state index contributed by atoms with van der Waals surface area (Å²) in [4.78, 5) is 26.2. The number of aromatic nitrogens is 4. The van der Waals surface area contributed by atoms with Gasteiger partial charge >= 0.3 is 0 Å². The molecule has 0 spiro atoms. The molecule has 0 aliphatic heterocycles. The van der Waals surface area contributed by atoms with Crippen LogP contribution in [0, 0.1) is 12.7 Å². The lowest BCUT2D eigenvalue weighted by Gasteiger charge is -2.20. The average Bonchev–Trinajstić information content (AvgIpc) is 3.13. The van der Waals surface area contributed by atoms with Gasteiger partial charge in [-0.2, -0.15) is 0 Å². The summed E-state index contributed by atoms with van der Waals surface area (Å²) >= 11 is 0. The Bertz CT molecular complexity index is 1350. The van der Waals surface area contributed by atoms with Crippen LogP contribution in [0.25, 0.3) is 17.2 Å². The number of aryl methyl sites for hydroxylation is 2. The van der Waals surface area contributed by atoms with Crippen LogP contribution in [0.3, 0.4) is 0 Å². The summed E-state index contributed by atoms with van der Waals surface area (Å²) in [6.45, 7) is 2.33. The number of nitrogens with zero attached hydrogens (tertiary/aromatic N) is 4. The van der Waals surface area contributed by atoms with Gasteiger partial charge in [0, 0.05) is 24.0 Å². The number of hydrogen-bond acceptors (Lipinski definition) is 5. The number of pyridine rings is 1. The van der Waals surface area contributed by atoms with Gasteiger partial charge in [-0.3, -0.25) is 9.20 Å². The van der Waals surface area contributed by atoms with Crippen molar-refractivity contribution in [1.29, 1.82) is 0 Å². The maximum atomic E-state index is 13.6. The molecule has 162 valence electrons. The third kappa shape index (κ3) is 3.57. The summed E-state index contributed by atoms with van der Waals surface area (Å²) < 4.78 is 15.4. The van der Waals surface area contributed by atoms with Crippen molar-refractivity contribution in [1.82, 2.24) is 19.4 Å². The second-order valence-electron chi connectivity index (χ2n) is 8.04. The number of carbonyl (C=O) groups excluding carboxylic acids is 1. The van der Waals surface area contributed by atoms with Crippen molar-refractivity contribution in [2.75, 3.05) is 5.32 Å². The molecule has 0 unspecified atom stereocenters. The summed E-state index contributed by atoms with van der Waals surface area (Å²) in [7, 11) is 0. The van der Waals surface area contributed by atoms with Crippen molar-refractivity contribution in [3.63, 3.8) is 0 Å². The fraction of sp³-hybridized carbons (Fsp3) is 0.250. The number of hydrogen-bond donors (Lipinski definition) is 2. The van der Waals surface area contributed by atoms with Gasteiger partial charge in [-0.25, -0.2) is 19.3 Å². The fourth-order valence-electron chi connectivity index (χ4n) is 4.32. The third-order valence-corrected chi connectivity index (χ3v) is 5.83. The van der Waals surface area contributed by atoms with Gasteiger partial charge in [-0.1, -0.05) is 12.1 Å². The molecule has 3 aromatic heterocycles. The van der Waals surface area contributed by atoms with Crippen LogP contribution in [-0.4, -0.2) is 25.3 Å². The monoisotopic (exact) mass is 430 g/mol. The molecule has 3 N–H and O–H groups in total. The van der Waals surface area contributed by atoms with Gasteiger partial charge in [0.1, 0.15) is 23.0 Å². The van der Waals surface area contributed by atoms with Gasteiger partial charge in [0.05, 0.1) is 11.3 Å². The van der Waals surface area contributed by atoms with Crippen molar-refractivity contribution in [2.24, 2.45) is 5.73 Å². The molecular weight excluding hydrogens is 407 g/mol. The average molecular weight is 430 g/mol. The Morgan fingerprint density at radius 1 is 1.16 bits per heavy atom. The highest BCUT2D eigenvalue weighted by Gasteiger charge is 2.22. The number of halogens is 1. The third-order valence-electron chi connectivity index (χ3n) is 5.83. The smallest absolute Gasteiger partial charge is 0.252 e. The second-order valence-corrected chi connectivity index (χ2v) is 8.04. The van der Waals surface area contributed by atoms with Crippen LogP contribution in [0.2, 0.25) is 0 Å². The molecule has 0 radical (unpaired) electrons. The molecule has 0 bridgehead atoms. The van der Waals surface area contributed by atoms with E-state index in [0.29, 0.717) is 29.3 Å². The predicted octanol–water partition coefficient (Wildman–Crippen LogP) is 3.83. The predicted molar refractivity (Wildman–Crippen MR) is 120 cm³/mol. The molecule has 32 heavy (non-hydrogen) atoms. The van der Waals surface area contributed by atoms with Crippen LogP contribution in [0.1, 0.15) is 45.7 Å². The normalized spacial score (nSPS) is 13.2. The SMILES string of the molecule is Cc1nc2c(C(N)=O)cccn2c1-c1nc2c(c(NCc3cccc(F)c3)n1)CCCC2. The van der Waals surface area contributed by atoms with E-state index in [-0.39, 0.29) is 5.82 Å². The highest BCUT2D eigenvalue weighted by Crippen LogP contribution is 2.31. The van der Waals surface area contributed by atoms with E-state index < -0.39 is 5.91 Å². The maximum Gasteiger partial charge on any atom is 0.252 e. The number of primary amides is 1. The van der Waals surface area contributed by atoms with Crippen molar-refractivity contribution in [3.05, 3.63) is 76.5 Å². The van der Waals surface area contributed by atoms with E-state index in [9.17, 15) is 9.18 Å². The summed E-state index contributed by atoms with van der Waals surface area (Å²) in [5.74, 6) is 0.505. The summed E-state index contributed by atoms with van der Waals surface area (Å²) in [5.41, 5.74) is 10.8. The largest absolute Gasteiger partial charge is 0.366 e. The number of carbonyl (C=O) groups is 1. The van der Waals surface area contributed by atoms with Crippen molar-refractivity contribution >= 4 is 17.4 Å². The first kappa shape index (κ1) is 20.1. The highest BCUT2D eigenvalue weighted by molar-refractivity contribution is 5.99. The lowest BCUT2D eigenvalue weighted by atomic mass is 9.96. The van der Waals surface area contributed by atoms with Crippen molar-refractivity contribution in [3.8, 4) is 11.5 Å². The summed E-state index contributed by atoms with van der Waals surface area (Å²) in [6.07, 6.45) is 5.77. The van der Waals surface area contributed by atoms with Crippen LogP contribution >= 0.6 is 0 Å². The van der Waals surface area contributed by atoms with E-state index in [1.165, 1.54) is 12.1 Å². The molecule has 4 aromatic rings. The Morgan fingerprint density at radius 2 is 2.00 bits per heavy atom. The van der Waals surface area contributed by atoms with E-state index >= 15 is 0 Å². The Balaban J connectivity index is 1.61. The van der Waals surface area contributed by atoms with Crippen LogP contribution in [0.5, 0.6) is 0 Å². The molecule has 0 saturated carbocycles. The summed E-state index contributed by atoms with van der Waals surface area (Å²) in [5, 5.41) is 3.39. The number of rotatable bonds is 5. The van der Waals surface area contributed by atoms with Crippen molar-refractivity contribution < 1.29 is 9.18 Å². The first-order valence-corrected chi connectivity index (χ1v) is 10.7. The van der Waals surface area contributed by atoms with E-state index in [4.69, 9.17) is 15.7 Å². The van der Waals surface area contributed by atoms with Crippen LogP contribution in [0.15, 0.2) is 42.6 Å². The zero-order chi connectivity index (χ0) is 22.2. The van der Waals surface area contributed by atoms with Crippen LogP contribution in [-0.2, 0) is 19.4 Å². The van der Waals surface area contributed by atoms with Gasteiger partial charge in [0.25, 0.3) is 5.91 Å². The first-order chi connectivity index (χ1) is 15.5. The number of nitrogens with two attached hydrogens (primary N) is 1. The number of nitrogens with one attached hydrogen (secondary N) is 1. The summed E-state index contributed by atoms with van der Waals surface area (Å²) in [6, 6.07) is 9.95. The molecule has 0 atom stereocenters. The fourth-order valence-corrected chi connectivity index (χ4v) is 4.32. The van der Waals surface area contributed by atoms with E-state index in [2.05, 4.69) is 10.3 Å². The minimum atomic E-state index is -0.532. The lowest BCUT2D eigenvalue weighted by Crippen LogP contribution is -2.14. The van der Waals surface area contributed by atoms with Gasteiger partial charge in [-0.05, 0) is 62.4 Å². The van der Waals surface area contributed by atoms with E-state index in [1.807, 2.05) is 23.6 Å².